The molecule has 1 aromatic rings. The molecular formula is C11H13NO4S. The van der Waals surface area contributed by atoms with Crippen molar-refractivity contribution in [2.24, 2.45) is 0 Å². The van der Waals surface area contributed by atoms with Crippen LogP contribution in [-0.4, -0.2) is 33.6 Å². The maximum atomic E-state index is 11.4. The molecule has 0 heterocycles. The minimum atomic E-state index is -0.948. The molecule has 0 saturated heterocycles. The van der Waals surface area contributed by atoms with Crippen LogP contribution in [0.15, 0.2) is 18.2 Å². The van der Waals surface area contributed by atoms with Crippen molar-refractivity contribution >= 4 is 29.3 Å². The summed E-state index contributed by atoms with van der Waals surface area (Å²) in [6, 6.07) is 4.82. The Morgan fingerprint density at radius 1 is 1.35 bits per heavy atom. The average Bonchev–Trinajstić information content (AvgIpc) is 2.23. The number of nitrogens with one attached hydrogen (secondary N) is 1. The van der Waals surface area contributed by atoms with Crippen LogP contribution >= 0.6 is 11.8 Å². The molecule has 0 aliphatic heterocycles. The molecule has 0 aliphatic rings. The number of aliphatic carboxylic acids is 1. The van der Waals surface area contributed by atoms with Gasteiger partial charge in [-0.05, 0) is 18.6 Å². The van der Waals surface area contributed by atoms with Crippen molar-refractivity contribution < 1.29 is 19.8 Å². The normalized spacial score (nSPS) is 9.94. The molecule has 0 aromatic heterocycles. The summed E-state index contributed by atoms with van der Waals surface area (Å²) in [6.45, 7) is 1.75. The molecule has 0 aliphatic carbocycles. The fraction of sp³-hybridized carbons (Fsp3) is 0.273. The molecule has 1 amide bonds. The van der Waals surface area contributed by atoms with Crippen LogP contribution in [0.3, 0.4) is 0 Å². The third kappa shape index (κ3) is 4.78. The molecule has 0 fully saturated rings. The van der Waals surface area contributed by atoms with Gasteiger partial charge >= 0.3 is 5.97 Å². The minimum Gasteiger partial charge on any atom is -0.508 e. The van der Waals surface area contributed by atoms with E-state index in [4.69, 9.17) is 5.11 Å². The zero-order chi connectivity index (χ0) is 12.8. The van der Waals surface area contributed by atoms with Crippen molar-refractivity contribution in [1.29, 1.82) is 0 Å². The summed E-state index contributed by atoms with van der Waals surface area (Å²) in [5, 5.41) is 20.4. The van der Waals surface area contributed by atoms with Gasteiger partial charge in [-0.1, -0.05) is 6.07 Å². The molecule has 0 bridgehead atoms. The second kappa shape index (κ2) is 6.15. The Kier molecular flexibility index (Phi) is 4.84. The fourth-order valence-electron chi connectivity index (χ4n) is 1.12. The van der Waals surface area contributed by atoms with Crippen LogP contribution in [0.25, 0.3) is 0 Å². The number of carboxylic acid groups (broad SMARTS) is 1. The smallest absolute Gasteiger partial charge is 0.313 e. The van der Waals surface area contributed by atoms with Gasteiger partial charge in [-0.25, -0.2) is 0 Å². The third-order valence-electron chi connectivity index (χ3n) is 1.95. The Bertz CT molecular complexity index is 433. The van der Waals surface area contributed by atoms with Gasteiger partial charge in [0, 0.05) is 11.8 Å². The first-order chi connectivity index (χ1) is 7.99. The number of hydrogen-bond acceptors (Lipinski definition) is 4. The van der Waals surface area contributed by atoms with E-state index in [9.17, 15) is 14.7 Å². The lowest BCUT2D eigenvalue weighted by Crippen LogP contribution is -2.15. The zero-order valence-electron chi connectivity index (χ0n) is 9.27. The van der Waals surface area contributed by atoms with E-state index in [-0.39, 0.29) is 23.2 Å². The van der Waals surface area contributed by atoms with Gasteiger partial charge in [0.15, 0.2) is 0 Å². The van der Waals surface area contributed by atoms with E-state index in [1.807, 2.05) is 0 Å². The molecule has 1 aromatic carbocycles. The summed E-state index contributed by atoms with van der Waals surface area (Å²) in [5.41, 5.74) is 1.22. The van der Waals surface area contributed by atoms with E-state index in [0.717, 1.165) is 17.3 Å². The lowest BCUT2D eigenvalue weighted by atomic mass is 10.2. The number of carbonyl (C=O) groups is 2. The first kappa shape index (κ1) is 13.4. The van der Waals surface area contributed by atoms with Gasteiger partial charge in [0.25, 0.3) is 0 Å². The molecule has 0 saturated carbocycles. The molecule has 0 spiro atoms. The number of amides is 1. The molecule has 5 nitrogen and oxygen atoms in total. The molecule has 0 unspecified atom stereocenters. The molecule has 0 radical (unpaired) electrons. The molecule has 92 valence electrons. The minimum absolute atomic E-state index is 0.0704. The van der Waals surface area contributed by atoms with Crippen molar-refractivity contribution in [2.75, 3.05) is 16.8 Å². The molecular weight excluding hydrogens is 242 g/mol. The first-order valence-corrected chi connectivity index (χ1v) is 6.03. The van der Waals surface area contributed by atoms with Crippen LogP contribution in [0.1, 0.15) is 5.56 Å². The lowest BCUT2D eigenvalue weighted by molar-refractivity contribution is -0.133. The number of carboxylic acids is 1. The third-order valence-corrected chi connectivity index (χ3v) is 2.87. The Morgan fingerprint density at radius 2 is 2.06 bits per heavy atom. The summed E-state index contributed by atoms with van der Waals surface area (Å²) in [7, 11) is 0. The lowest BCUT2D eigenvalue weighted by Gasteiger charge is -2.06. The summed E-state index contributed by atoms with van der Waals surface area (Å²) in [4.78, 5) is 21.6. The van der Waals surface area contributed by atoms with E-state index in [1.54, 1.807) is 19.1 Å². The van der Waals surface area contributed by atoms with Crippen LogP contribution in [0.2, 0.25) is 0 Å². The Morgan fingerprint density at radius 3 is 2.65 bits per heavy atom. The van der Waals surface area contributed by atoms with Gasteiger partial charge < -0.3 is 15.5 Å². The topological polar surface area (TPSA) is 86.6 Å². The number of rotatable bonds is 5. The summed E-state index contributed by atoms with van der Waals surface area (Å²) >= 11 is 1.02. The average molecular weight is 255 g/mol. The van der Waals surface area contributed by atoms with Crippen molar-refractivity contribution in [1.82, 2.24) is 0 Å². The predicted octanol–water partition coefficient (Wildman–Crippen LogP) is 1.46. The van der Waals surface area contributed by atoms with Crippen molar-refractivity contribution in [3.8, 4) is 5.75 Å². The number of aromatic hydroxyl groups is 1. The molecule has 17 heavy (non-hydrogen) atoms. The Balaban J connectivity index is 2.45. The highest BCUT2D eigenvalue weighted by Crippen LogP contribution is 2.20. The Labute approximate surface area is 103 Å². The van der Waals surface area contributed by atoms with Gasteiger partial charge in [-0.15, -0.1) is 11.8 Å². The maximum Gasteiger partial charge on any atom is 0.313 e. The van der Waals surface area contributed by atoms with E-state index in [0.29, 0.717) is 5.69 Å². The number of benzene rings is 1. The molecule has 6 heteroatoms. The van der Waals surface area contributed by atoms with E-state index < -0.39 is 5.97 Å². The van der Waals surface area contributed by atoms with Gasteiger partial charge in [0.2, 0.25) is 5.91 Å². The second-order valence-corrected chi connectivity index (χ2v) is 4.42. The quantitative estimate of drug-likeness (QED) is 0.741. The largest absolute Gasteiger partial charge is 0.508 e. The zero-order valence-corrected chi connectivity index (χ0v) is 10.1. The van der Waals surface area contributed by atoms with Crippen LogP contribution in [0.5, 0.6) is 5.75 Å². The van der Waals surface area contributed by atoms with Crippen molar-refractivity contribution in [3.63, 3.8) is 0 Å². The van der Waals surface area contributed by atoms with Crippen LogP contribution in [0.4, 0.5) is 5.69 Å². The van der Waals surface area contributed by atoms with E-state index in [2.05, 4.69) is 5.32 Å². The highest BCUT2D eigenvalue weighted by Gasteiger charge is 2.05. The highest BCUT2D eigenvalue weighted by atomic mass is 32.2. The number of aryl methyl sites for hydroxylation is 1. The van der Waals surface area contributed by atoms with Crippen molar-refractivity contribution in [3.05, 3.63) is 23.8 Å². The standard InChI is InChI=1S/C11H13NO4S/c1-7-2-3-8(4-9(7)13)12-10(14)5-17-6-11(15)16/h2-4,13H,5-6H2,1H3,(H,12,14)(H,15,16). The molecule has 0 atom stereocenters. The number of thioether (sulfide) groups is 1. The van der Waals surface area contributed by atoms with Gasteiger partial charge in [-0.2, -0.15) is 0 Å². The van der Waals surface area contributed by atoms with Crippen LogP contribution in [-0.2, 0) is 9.59 Å². The van der Waals surface area contributed by atoms with Crippen LogP contribution < -0.4 is 5.32 Å². The van der Waals surface area contributed by atoms with E-state index in [1.165, 1.54) is 6.07 Å². The number of carbonyl (C=O) groups excluding carboxylic acids is 1. The Hall–Kier alpha value is -1.69. The van der Waals surface area contributed by atoms with Crippen LogP contribution in [0, 0.1) is 6.92 Å². The highest BCUT2D eigenvalue weighted by molar-refractivity contribution is 8.00. The molecule has 3 N–H and O–H groups in total. The predicted molar refractivity (Wildman–Crippen MR) is 66.4 cm³/mol. The second-order valence-electron chi connectivity index (χ2n) is 3.44. The number of anilines is 1. The van der Waals surface area contributed by atoms with Gasteiger partial charge in [0.1, 0.15) is 5.75 Å². The summed E-state index contributed by atoms with van der Waals surface area (Å²) in [5.74, 6) is -1.16. The SMILES string of the molecule is Cc1ccc(NC(=O)CSCC(=O)O)cc1O. The molecule has 1 rings (SSSR count). The monoisotopic (exact) mass is 255 g/mol. The van der Waals surface area contributed by atoms with E-state index >= 15 is 0 Å². The first-order valence-electron chi connectivity index (χ1n) is 4.88. The number of hydrogen-bond donors (Lipinski definition) is 3. The van der Waals surface area contributed by atoms with Gasteiger partial charge in [-0.3, -0.25) is 9.59 Å². The number of phenolic OH excluding ortho intramolecular Hbond substituents is 1. The van der Waals surface area contributed by atoms with Gasteiger partial charge in [0.05, 0.1) is 11.5 Å². The maximum absolute atomic E-state index is 11.4. The summed E-state index contributed by atoms with van der Waals surface area (Å²) < 4.78 is 0. The summed E-state index contributed by atoms with van der Waals surface area (Å²) in [6.07, 6.45) is 0. The van der Waals surface area contributed by atoms with Crippen molar-refractivity contribution in [2.45, 2.75) is 6.92 Å². The number of phenols is 1. The fourth-order valence-corrected chi connectivity index (χ4v) is 1.65.